The van der Waals surface area contributed by atoms with Gasteiger partial charge >= 0.3 is 5.97 Å². The number of nitrogens with one attached hydrogen (secondary N) is 1. The number of anilines is 1. The number of carbonyl (C=O) groups is 1. The first-order valence-electron chi connectivity index (χ1n) is 6.21. The van der Waals surface area contributed by atoms with Gasteiger partial charge in [-0.15, -0.1) is 0 Å². The summed E-state index contributed by atoms with van der Waals surface area (Å²) < 4.78 is 6.41. The maximum Gasteiger partial charge on any atom is 0.372 e. The van der Waals surface area contributed by atoms with Gasteiger partial charge in [0.2, 0.25) is 5.76 Å². The molecule has 1 aromatic heterocycles. The van der Waals surface area contributed by atoms with Crippen LogP contribution in [-0.4, -0.2) is 11.1 Å². The molecule has 0 aliphatic rings. The number of aromatic carboxylic acids is 1. The fourth-order valence-electron chi connectivity index (χ4n) is 2.08. The molecule has 0 unspecified atom stereocenters. The van der Waals surface area contributed by atoms with Crippen molar-refractivity contribution in [3.05, 3.63) is 50.9 Å². The Kier molecular flexibility index (Phi) is 4.18. The minimum atomic E-state index is -1.04. The molecule has 0 radical (unpaired) electrons. The van der Waals surface area contributed by atoms with E-state index in [1.807, 2.05) is 26.0 Å². The average molecular weight is 338 g/mol. The smallest absolute Gasteiger partial charge is 0.372 e. The second-order valence-corrected chi connectivity index (χ2v) is 5.60. The van der Waals surface area contributed by atoms with Crippen LogP contribution in [0.4, 0.5) is 5.69 Å². The fraction of sp³-hybridized carbons (Fsp3) is 0.267. The first-order chi connectivity index (χ1) is 9.38. The highest BCUT2D eigenvalue weighted by atomic mass is 79.9. The number of furan rings is 1. The molecule has 1 aromatic carbocycles. The summed E-state index contributed by atoms with van der Waals surface area (Å²) >= 11 is 3.53. The largest absolute Gasteiger partial charge is 0.475 e. The van der Waals surface area contributed by atoms with E-state index in [-0.39, 0.29) is 5.76 Å². The van der Waals surface area contributed by atoms with E-state index in [1.54, 1.807) is 13.0 Å². The van der Waals surface area contributed by atoms with E-state index in [2.05, 4.69) is 21.2 Å². The normalized spacial score (nSPS) is 10.6. The van der Waals surface area contributed by atoms with Crippen molar-refractivity contribution in [1.82, 2.24) is 0 Å². The molecule has 0 atom stereocenters. The minimum absolute atomic E-state index is 0.00460. The fourth-order valence-corrected chi connectivity index (χ4v) is 2.31. The Morgan fingerprint density at radius 1 is 1.20 bits per heavy atom. The predicted molar refractivity (Wildman–Crippen MR) is 81.3 cm³/mol. The molecule has 0 spiro atoms. The molecule has 0 fully saturated rings. The molecule has 0 aliphatic heterocycles. The van der Waals surface area contributed by atoms with Crippen molar-refractivity contribution in [3.63, 3.8) is 0 Å². The highest BCUT2D eigenvalue weighted by Crippen LogP contribution is 2.25. The van der Waals surface area contributed by atoms with Crippen molar-refractivity contribution in [1.29, 1.82) is 0 Å². The Hall–Kier alpha value is -1.75. The Bertz CT molecular complexity index is 638. The van der Waals surface area contributed by atoms with Crippen LogP contribution < -0.4 is 5.32 Å². The SMILES string of the molecule is Cc1cc(CNc2cc(C)c(Br)c(C)c2)oc1C(=O)O. The van der Waals surface area contributed by atoms with Gasteiger partial charge in [0.25, 0.3) is 0 Å². The Morgan fingerprint density at radius 3 is 2.30 bits per heavy atom. The van der Waals surface area contributed by atoms with Gasteiger partial charge in [0.05, 0.1) is 6.54 Å². The van der Waals surface area contributed by atoms with E-state index in [0.717, 1.165) is 21.3 Å². The van der Waals surface area contributed by atoms with Crippen molar-refractivity contribution in [2.24, 2.45) is 0 Å². The van der Waals surface area contributed by atoms with E-state index in [9.17, 15) is 4.79 Å². The van der Waals surface area contributed by atoms with Gasteiger partial charge in [0.1, 0.15) is 5.76 Å². The molecule has 0 saturated heterocycles. The number of benzene rings is 1. The molecule has 0 bridgehead atoms. The van der Waals surface area contributed by atoms with Crippen LogP contribution in [0.2, 0.25) is 0 Å². The summed E-state index contributed by atoms with van der Waals surface area (Å²) in [5.74, 6) is -0.424. The maximum atomic E-state index is 10.9. The molecule has 1 heterocycles. The number of halogens is 1. The summed E-state index contributed by atoms with van der Waals surface area (Å²) in [6, 6.07) is 5.81. The zero-order valence-electron chi connectivity index (χ0n) is 11.6. The number of carboxylic acid groups (broad SMARTS) is 1. The first-order valence-corrected chi connectivity index (χ1v) is 7.01. The summed E-state index contributed by atoms with van der Waals surface area (Å²) in [6.07, 6.45) is 0. The second kappa shape index (κ2) is 5.71. The molecule has 0 amide bonds. The molecule has 2 rings (SSSR count). The van der Waals surface area contributed by atoms with Crippen LogP contribution in [0.15, 0.2) is 27.1 Å². The summed E-state index contributed by atoms with van der Waals surface area (Å²) in [5, 5.41) is 12.2. The zero-order chi connectivity index (χ0) is 14.9. The monoisotopic (exact) mass is 337 g/mol. The molecule has 2 N–H and O–H groups in total. The summed E-state index contributed by atoms with van der Waals surface area (Å²) in [5.41, 5.74) is 3.91. The topological polar surface area (TPSA) is 62.5 Å². The van der Waals surface area contributed by atoms with Crippen molar-refractivity contribution < 1.29 is 14.3 Å². The highest BCUT2D eigenvalue weighted by Gasteiger charge is 2.14. The Balaban J connectivity index is 2.13. The van der Waals surface area contributed by atoms with Crippen LogP contribution in [-0.2, 0) is 6.54 Å². The number of carboxylic acids is 1. The van der Waals surface area contributed by atoms with Gasteiger partial charge in [-0.25, -0.2) is 4.79 Å². The van der Waals surface area contributed by atoms with E-state index < -0.39 is 5.97 Å². The molecule has 4 nitrogen and oxygen atoms in total. The van der Waals surface area contributed by atoms with Gasteiger partial charge in [0.15, 0.2) is 0 Å². The van der Waals surface area contributed by atoms with E-state index in [4.69, 9.17) is 9.52 Å². The van der Waals surface area contributed by atoms with Crippen molar-refractivity contribution in [2.75, 3.05) is 5.32 Å². The van der Waals surface area contributed by atoms with Crippen LogP contribution >= 0.6 is 15.9 Å². The zero-order valence-corrected chi connectivity index (χ0v) is 13.2. The van der Waals surface area contributed by atoms with Gasteiger partial charge in [-0.1, -0.05) is 15.9 Å². The van der Waals surface area contributed by atoms with Crippen molar-refractivity contribution in [3.8, 4) is 0 Å². The molecule has 106 valence electrons. The summed E-state index contributed by atoms with van der Waals surface area (Å²) in [7, 11) is 0. The van der Waals surface area contributed by atoms with Gasteiger partial charge in [-0.3, -0.25) is 0 Å². The van der Waals surface area contributed by atoms with E-state index in [1.165, 1.54) is 0 Å². The number of rotatable bonds is 4. The number of hydrogen-bond acceptors (Lipinski definition) is 3. The van der Waals surface area contributed by atoms with Crippen LogP contribution in [0, 0.1) is 20.8 Å². The summed E-state index contributed by atoms with van der Waals surface area (Å²) in [6.45, 7) is 6.24. The van der Waals surface area contributed by atoms with Gasteiger partial charge in [-0.2, -0.15) is 0 Å². The molecule has 20 heavy (non-hydrogen) atoms. The van der Waals surface area contributed by atoms with Crippen LogP contribution in [0.3, 0.4) is 0 Å². The lowest BCUT2D eigenvalue weighted by molar-refractivity contribution is 0.0659. The van der Waals surface area contributed by atoms with Crippen molar-refractivity contribution >= 4 is 27.6 Å². The third-order valence-corrected chi connectivity index (χ3v) is 4.32. The average Bonchev–Trinajstić information content (AvgIpc) is 2.75. The highest BCUT2D eigenvalue weighted by molar-refractivity contribution is 9.10. The quantitative estimate of drug-likeness (QED) is 0.874. The summed E-state index contributed by atoms with van der Waals surface area (Å²) in [4.78, 5) is 10.9. The van der Waals surface area contributed by atoms with Crippen molar-refractivity contribution in [2.45, 2.75) is 27.3 Å². The standard InChI is InChI=1S/C15H16BrNO3/c1-8-4-11(5-9(2)13(8)16)17-7-12-6-10(3)14(20-12)15(18)19/h4-6,17H,7H2,1-3H3,(H,18,19). The van der Waals surface area contributed by atoms with Gasteiger partial charge in [-0.05, 0) is 50.1 Å². The molecule has 0 saturated carbocycles. The Morgan fingerprint density at radius 2 is 1.80 bits per heavy atom. The first kappa shape index (κ1) is 14.7. The molecule has 2 aromatic rings. The van der Waals surface area contributed by atoms with Crippen LogP contribution in [0.5, 0.6) is 0 Å². The molecular formula is C15H16BrNO3. The third kappa shape index (κ3) is 3.04. The van der Waals surface area contributed by atoms with E-state index in [0.29, 0.717) is 17.9 Å². The van der Waals surface area contributed by atoms with Gasteiger partial charge < -0.3 is 14.8 Å². The van der Waals surface area contributed by atoms with E-state index >= 15 is 0 Å². The minimum Gasteiger partial charge on any atom is -0.475 e. The lowest BCUT2D eigenvalue weighted by Gasteiger charge is -2.09. The maximum absolute atomic E-state index is 10.9. The number of hydrogen-bond donors (Lipinski definition) is 2. The van der Waals surface area contributed by atoms with Crippen LogP contribution in [0.1, 0.15) is 33.0 Å². The molecular weight excluding hydrogens is 322 g/mol. The molecule has 0 aliphatic carbocycles. The van der Waals surface area contributed by atoms with Gasteiger partial charge in [0, 0.05) is 15.7 Å². The second-order valence-electron chi connectivity index (χ2n) is 4.81. The lowest BCUT2D eigenvalue weighted by Crippen LogP contribution is -1.99. The lowest BCUT2D eigenvalue weighted by atomic mass is 10.1. The third-order valence-electron chi connectivity index (χ3n) is 3.07. The predicted octanol–water partition coefficient (Wildman–Crippen LogP) is 4.28. The molecule has 5 heteroatoms. The van der Waals surface area contributed by atoms with Crippen LogP contribution in [0.25, 0.3) is 0 Å². The number of aryl methyl sites for hydroxylation is 3. The Labute approximate surface area is 125 Å².